The Balaban J connectivity index is 0.000000277. The summed E-state index contributed by atoms with van der Waals surface area (Å²) in [6.45, 7) is 1.30. The van der Waals surface area contributed by atoms with Gasteiger partial charge in [-0.05, 0) is 37.1 Å². The number of benzene rings is 1. The van der Waals surface area contributed by atoms with Crippen molar-refractivity contribution < 1.29 is 24.6 Å². The lowest BCUT2D eigenvalue weighted by Crippen LogP contribution is -2.07. The lowest BCUT2D eigenvalue weighted by atomic mass is 10.2. The summed E-state index contributed by atoms with van der Waals surface area (Å²) in [5.74, 6) is -2.21. The second-order valence-corrected chi connectivity index (χ2v) is 6.18. The summed E-state index contributed by atoms with van der Waals surface area (Å²) in [5, 5.41) is 19.7. The van der Waals surface area contributed by atoms with Gasteiger partial charge in [0.15, 0.2) is 0 Å². The van der Waals surface area contributed by atoms with Crippen LogP contribution in [0.25, 0.3) is 0 Å². The van der Waals surface area contributed by atoms with Crippen LogP contribution in [0, 0.1) is 0 Å². The van der Waals surface area contributed by atoms with E-state index in [1.807, 2.05) is 18.2 Å². The van der Waals surface area contributed by atoms with Crippen molar-refractivity contribution in [3.63, 3.8) is 0 Å². The average Bonchev–Trinajstić information content (AvgIpc) is 2.59. The van der Waals surface area contributed by atoms with Crippen LogP contribution in [0.3, 0.4) is 0 Å². The molecule has 0 radical (unpaired) electrons. The summed E-state index contributed by atoms with van der Waals surface area (Å²) in [6.07, 6.45) is 3.34. The highest BCUT2D eigenvalue weighted by Crippen LogP contribution is 2.31. The molecule has 7 nitrogen and oxygen atoms in total. The van der Waals surface area contributed by atoms with E-state index in [0.29, 0.717) is 6.42 Å². The number of carbonyl (C=O) groups is 3. The van der Waals surface area contributed by atoms with Gasteiger partial charge in [-0.15, -0.1) is 0 Å². The van der Waals surface area contributed by atoms with Crippen LogP contribution in [0.4, 0.5) is 5.69 Å². The van der Waals surface area contributed by atoms with Crippen molar-refractivity contribution in [2.45, 2.75) is 26.2 Å². The molecule has 3 N–H and O–H groups in total. The third-order valence-corrected chi connectivity index (χ3v) is 3.74. The number of carboxylic acids is 2. The molecule has 27 heavy (non-hydrogen) atoms. The van der Waals surface area contributed by atoms with Gasteiger partial charge in [-0.25, -0.2) is 4.79 Å². The highest BCUT2D eigenvalue weighted by Gasteiger charge is 2.12. The summed E-state index contributed by atoms with van der Waals surface area (Å²) < 4.78 is 0. The van der Waals surface area contributed by atoms with E-state index in [9.17, 15) is 14.4 Å². The summed E-state index contributed by atoms with van der Waals surface area (Å²) in [6, 6.07) is 8.10. The predicted molar refractivity (Wildman–Crippen MR) is 103 cm³/mol. The summed E-state index contributed by atoms with van der Waals surface area (Å²) in [4.78, 5) is 35.7. The molecule has 9 heteroatoms. The van der Waals surface area contributed by atoms with Crippen molar-refractivity contribution in [1.29, 1.82) is 0 Å². The number of aromatic nitrogens is 1. The van der Waals surface area contributed by atoms with E-state index >= 15 is 0 Å². The molecule has 0 spiro atoms. The molecule has 0 aliphatic heterocycles. The Morgan fingerprint density at radius 2 is 1.74 bits per heavy atom. The van der Waals surface area contributed by atoms with Crippen molar-refractivity contribution in [2.75, 3.05) is 5.32 Å². The summed E-state index contributed by atoms with van der Waals surface area (Å²) >= 11 is 11.5. The van der Waals surface area contributed by atoms with E-state index in [1.165, 1.54) is 19.1 Å². The Morgan fingerprint density at radius 3 is 2.19 bits per heavy atom. The monoisotopic (exact) mass is 412 g/mol. The van der Waals surface area contributed by atoms with Gasteiger partial charge in [0.05, 0.1) is 21.3 Å². The van der Waals surface area contributed by atoms with Gasteiger partial charge < -0.3 is 15.5 Å². The zero-order valence-electron chi connectivity index (χ0n) is 14.4. The van der Waals surface area contributed by atoms with Gasteiger partial charge in [-0.1, -0.05) is 29.3 Å². The van der Waals surface area contributed by atoms with Crippen LogP contribution in [0.2, 0.25) is 10.0 Å². The fourth-order valence-corrected chi connectivity index (χ4v) is 2.54. The van der Waals surface area contributed by atoms with Crippen molar-refractivity contribution in [1.82, 2.24) is 4.98 Å². The second kappa shape index (κ2) is 11.2. The number of nitrogens with one attached hydrogen (secondary N) is 1. The highest BCUT2D eigenvalue weighted by molar-refractivity contribution is 6.40. The maximum atomic E-state index is 10.8. The molecule has 2 aromatic rings. The number of rotatable bonds is 6. The molecule has 0 atom stereocenters. The number of hydrogen-bond donors (Lipinski definition) is 3. The SMILES string of the molecule is CC(=O)Nc1c(Cl)cc(C(=O)O)cc1Cl.O=C(O)CCCc1ccccn1. The van der Waals surface area contributed by atoms with E-state index in [-0.39, 0.29) is 33.6 Å². The topological polar surface area (TPSA) is 117 Å². The van der Waals surface area contributed by atoms with Gasteiger partial charge in [0.2, 0.25) is 5.91 Å². The molecular formula is C18H18Cl2N2O5. The number of pyridine rings is 1. The van der Waals surface area contributed by atoms with E-state index in [4.69, 9.17) is 33.4 Å². The van der Waals surface area contributed by atoms with Gasteiger partial charge >= 0.3 is 11.9 Å². The Bertz CT molecular complexity index is 790. The molecule has 0 fully saturated rings. The Kier molecular flexibility index (Phi) is 9.25. The van der Waals surface area contributed by atoms with E-state index in [0.717, 1.165) is 12.1 Å². The Hall–Kier alpha value is -2.64. The van der Waals surface area contributed by atoms with Gasteiger partial charge in [-0.3, -0.25) is 14.6 Å². The van der Waals surface area contributed by atoms with Gasteiger partial charge in [0.1, 0.15) is 0 Å². The first-order valence-electron chi connectivity index (χ1n) is 7.82. The van der Waals surface area contributed by atoms with Crippen molar-refractivity contribution >= 4 is 46.7 Å². The molecule has 0 saturated heterocycles. The lowest BCUT2D eigenvalue weighted by molar-refractivity contribution is -0.137. The maximum absolute atomic E-state index is 10.8. The number of anilines is 1. The average molecular weight is 413 g/mol. The van der Waals surface area contributed by atoms with Crippen molar-refractivity contribution in [3.05, 3.63) is 57.8 Å². The molecule has 1 amide bonds. The molecular weight excluding hydrogens is 395 g/mol. The number of nitrogens with zero attached hydrogens (tertiary/aromatic N) is 1. The molecule has 0 bridgehead atoms. The lowest BCUT2D eigenvalue weighted by Gasteiger charge is -2.08. The molecule has 0 aliphatic rings. The quantitative estimate of drug-likeness (QED) is 0.656. The molecule has 1 aromatic heterocycles. The third kappa shape index (κ3) is 8.52. The number of carbonyl (C=O) groups excluding carboxylic acids is 1. The number of aliphatic carboxylic acids is 1. The van der Waals surface area contributed by atoms with E-state index in [2.05, 4.69) is 10.3 Å². The minimum atomic E-state index is -1.13. The minimum absolute atomic E-state index is 0.0286. The van der Waals surface area contributed by atoms with Crippen LogP contribution < -0.4 is 5.32 Å². The normalized spacial score (nSPS) is 9.74. The molecule has 0 saturated carbocycles. The number of halogens is 2. The second-order valence-electron chi connectivity index (χ2n) is 5.37. The molecule has 1 heterocycles. The van der Waals surface area contributed by atoms with Crippen LogP contribution >= 0.6 is 23.2 Å². The van der Waals surface area contributed by atoms with Gasteiger partial charge in [-0.2, -0.15) is 0 Å². The zero-order valence-corrected chi connectivity index (χ0v) is 15.9. The Labute approximate surface area is 165 Å². The van der Waals surface area contributed by atoms with Crippen LogP contribution in [-0.2, 0) is 16.0 Å². The smallest absolute Gasteiger partial charge is 0.335 e. The van der Waals surface area contributed by atoms with Crippen LogP contribution in [0.1, 0.15) is 35.8 Å². The summed E-state index contributed by atoms with van der Waals surface area (Å²) in [7, 11) is 0. The van der Waals surface area contributed by atoms with Crippen LogP contribution in [0.5, 0.6) is 0 Å². The van der Waals surface area contributed by atoms with Crippen LogP contribution in [0.15, 0.2) is 36.5 Å². The number of carboxylic acid groups (broad SMARTS) is 2. The molecule has 0 unspecified atom stereocenters. The molecule has 2 rings (SSSR count). The number of amides is 1. The van der Waals surface area contributed by atoms with E-state index in [1.54, 1.807) is 6.20 Å². The zero-order chi connectivity index (χ0) is 20.4. The van der Waals surface area contributed by atoms with Gasteiger partial charge in [0, 0.05) is 25.2 Å². The first-order valence-corrected chi connectivity index (χ1v) is 8.58. The third-order valence-electron chi connectivity index (χ3n) is 3.14. The number of aromatic carboxylic acids is 1. The first kappa shape index (κ1) is 22.4. The number of hydrogen-bond acceptors (Lipinski definition) is 4. The maximum Gasteiger partial charge on any atom is 0.335 e. The largest absolute Gasteiger partial charge is 0.481 e. The minimum Gasteiger partial charge on any atom is -0.481 e. The van der Waals surface area contributed by atoms with Crippen LogP contribution in [-0.4, -0.2) is 33.0 Å². The predicted octanol–water partition coefficient (Wildman–Crippen LogP) is 4.14. The van der Waals surface area contributed by atoms with Crippen molar-refractivity contribution in [2.24, 2.45) is 0 Å². The molecule has 1 aromatic carbocycles. The van der Waals surface area contributed by atoms with E-state index < -0.39 is 11.9 Å². The fourth-order valence-electron chi connectivity index (χ4n) is 1.96. The van der Waals surface area contributed by atoms with Crippen molar-refractivity contribution in [3.8, 4) is 0 Å². The number of aryl methyl sites for hydroxylation is 1. The first-order chi connectivity index (χ1) is 12.7. The molecule has 0 aliphatic carbocycles. The molecule has 144 valence electrons. The highest BCUT2D eigenvalue weighted by atomic mass is 35.5. The fraction of sp³-hybridized carbons (Fsp3) is 0.222. The Morgan fingerprint density at radius 1 is 1.11 bits per heavy atom. The standard InChI is InChI=1S/C9H7Cl2NO3.C9H11NO2/c1-4(13)12-8-6(10)2-5(9(14)15)3-7(8)11;11-9(12)6-3-5-8-4-1-2-7-10-8/h2-3H,1H3,(H,12,13)(H,14,15);1-2,4,7H,3,5-6H2,(H,11,12). The summed E-state index contributed by atoms with van der Waals surface area (Å²) in [5.41, 5.74) is 1.15. The van der Waals surface area contributed by atoms with Gasteiger partial charge in [0.25, 0.3) is 0 Å².